The molecule has 0 spiro atoms. The predicted molar refractivity (Wildman–Crippen MR) is 103 cm³/mol. The average molecular weight is 392 g/mol. The third kappa shape index (κ3) is 3.92. The van der Waals surface area contributed by atoms with Crippen LogP contribution in [0.25, 0.3) is 10.8 Å². The lowest BCUT2D eigenvalue weighted by atomic mass is 10.2. The molecule has 0 aliphatic rings. The number of carbonyl (C=O) groups excluding carboxylic acids is 1. The Balaban J connectivity index is 1.68. The molecule has 0 aromatic carbocycles. The van der Waals surface area contributed by atoms with Crippen molar-refractivity contribution in [1.29, 1.82) is 0 Å². The van der Waals surface area contributed by atoms with Crippen LogP contribution in [0.1, 0.15) is 34.7 Å². The molecule has 0 fully saturated rings. The van der Waals surface area contributed by atoms with Crippen molar-refractivity contribution in [2.24, 2.45) is 0 Å². The fourth-order valence-electron chi connectivity index (χ4n) is 3.03. The highest BCUT2D eigenvalue weighted by molar-refractivity contribution is 7.99. The quantitative estimate of drug-likeness (QED) is 0.419. The molecule has 0 amide bonds. The number of thiophene rings is 1. The summed E-state index contributed by atoms with van der Waals surface area (Å²) < 4.78 is 13.0. The van der Waals surface area contributed by atoms with Crippen molar-refractivity contribution in [3.05, 3.63) is 40.5 Å². The first-order valence-electron chi connectivity index (χ1n) is 8.22. The van der Waals surface area contributed by atoms with E-state index in [4.69, 9.17) is 9.15 Å². The third-order valence-corrected chi connectivity index (χ3v) is 5.77. The highest BCUT2D eigenvalue weighted by Crippen LogP contribution is 2.28. The van der Waals surface area contributed by atoms with Gasteiger partial charge in [0, 0.05) is 24.1 Å². The van der Waals surface area contributed by atoms with Gasteiger partial charge in [-0.15, -0.1) is 21.5 Å². The van der Waals surface area contributed by atoms with E-state index in [1.807, 2.05) is 37.4 Å². The van der Waals surface area contributed by atoms with Gasteiger partial charge >= 0.3 is 0 Å². The Hall–Kier alpha value is -1.90. The van der Waals surface area contributed by atoms with E-state index in [9.17, 15) is 4.79 Å². The number of methoxy groups -OCH3 is 1. The van der Waals surface area contributed by atoms with Gasteiger partial charge in [0.1, 0.15) is 0 Å². The molecule has 3 aromatic heterocycles. The Bertz CT molecular complexity index is 884. The van der Waals surface area contributed by atoms with Crippen molar-refractivity contribution < 1.29 is 13.9 Å². The summed E-state index contributed by atoms with van der Waals surface area (Å²) in [7, 11) is 1.68. The van der Waals surface area contributed by atoms with Gasteiger partial charge in [0.25, 0.3) is 11.1 Å². The number of rotatable bonds is 8. The second kappa shape index (κ2) is 8.20. The van der Waals surface area contributed by atoms with Crippen molar-refractivity contribution in [3.63, 3.8) is 0 Å². The van der Waals surface area contributed by atoms with Crippen LogP contribution >= 0.6 is 23.1 Å². The van der Waals surface area contributed by atoms with Crippen LogP contribution in [0.4, 0.5) is 0 Å². The van der Waals surface area contributed by atoms with E-state index in [1.165, 1.54) is 23.1 Å². The van der Waals surface area contributed by atoms with Crippen LogP contribution in [-0.2, 0) is 4.74 Å². The molecule has 0 aliphatic carbocycles. The fourth-order valence-corrected chi connectivity index (χ4v) is 4.32. The van der Waals surface area contributed by atoms with Gasteiger partial charge in [-0.05, 0) is 38.3 Å². The van der Waals surface area contributed by atoms with E-state index >= 15 is 0 Å². The van der Waals surface area contributed by atoms with Gasteiger partial charge in [-0.3, -0.25) is 4.79 Å². The molecule has 0 bridgehead atoms. The molecule has 0 saturated carbocycles. The summed E-state index contributed by atoms with van der Waals surface area (Å²) in [4.78, 5) is 13.6. The van der Waals surface area contributed by atoms with Crippen LogP contribution in [0.5, 0.6) is 0 Å². The van der Waals surface area contributed by atoms with E-state index in [1.54, 1.807) is 7.11 Å². The van der Waals surface area contributed by atoms with Gasteiger partial charge in [0.2, 0.25) is 0 Å². The minimum Gasteiger partial charge on any atom is -0.410 e. The topological polar surface area (TPSA) is 70.2 Å². The molecule has 0 unspecified atom stereocenters. The summed E-state index contributed by atoms with van der Waals surface area (Å²) in [6.45, 7) is 6.66. The Kier molecular flexibility index (Phi) is 5.95. The van der Waals surface area contributed by atoms with Gasteiger partial charge < -0.3 is 13.7 Å². The number of carbonyl (C=O) groups is 1. The molecular formula is C18H21N3O3S2. The maximum atomic E-state index is 12.7. The molecule has 3 heterocycles. The Morgan fingerprint density at radius 3 is 2.92 bits per heavy atom. The van der Waals surface area contributed by atoms with Crippen LogP contribution in [0.15, 0.2) is 33.2 Å². The van der Waals surface area contributed by atoms with Crippen LogP contribution in [0.3, 0.4) is 0 Å². The zero-order valence-electron chi connectivity index (χ0n) is 15.2. The zero-order valence-corrected chi connectivity index (χ0v) is 16.8. The number of ketones is 1. The molecule has 8 heteroatoms. The average Bonchev–Trinajstić information content (AvgIpc) is 3.32. The molecule has 0 saturated heterocycles. The lowest BCUT2D eigenvalue weighted by Gasteiger charge is -2.17. The van der Waals surface area contributed by atoms with Crippen molar-refractivity contribution in [3.8, 4) is 10.8 Å². The number of nitrogens with zero attached hydrogens (tertiary/aromatic N) is 3. The van der Waals surface area contributed by atoms with Crippen LogP contribution in [-0.4, -0.2) is 40.0 Å². The summed E-state index contributed by atoms with van der Waals surface area (Å²) in [6, 6.07) is 5.97. The highest BCUT2D eigenvalue weighted by atomic mass is 32.2. The number of hydrogen-bond acceptors (Lipinski definition) is 7. The van der Waals surface area contributed by atoms with Crippen LogP contribution in [0, 0.1) is 13.8 Å². The number of aromatic nitrogens is 3. The molecule has 6 nitrogen and oxygen atoms in total. The van der Waals surface area contributed by atoms with Crippen molar-refractivity contribution in [1.82, 2.24) is 14.8 Å². The largest absolute Gasteiger partial charge is 0.410 e. The molecule has 1 atom stereocenters. The number of thioether (sulfide) groups is 1. The molecule has 0 radical (unpaired) electrons. The maximum absolute atomic E-state index is 12.7. The van der Waals surface area contributed by atoms with Gasteiger partial charge in [-0.1, -0.05) is 17.8 Å². The smallest absolute Gasteiger partial charge is 0.277 e. The lowest BCUT2D eigenvalue weighted by Crippen LogP contribution is -2.14. The van der Waals surface area contributed by atoms with Gasteiger partial charge in [-0.25, -0.2) is 0 Å². The predicted octanol–water partition coefficient (Wildman–Crippen LogP) is 4.40. The monoisotopic (exact) mass is 391 g/mol. The summed E-state index contributed by atoms with van der Waals surface area (Å²) in [5, 5.41) is 10.4. The van der Waals surface area contributed by atoms with E-state index in [2.05, 4.69) is 21.7 Å². The van der Waals surface area contributed by atoms with Crippen LogP contribution in [0.2, 0.25) is 0 Å². The molecule has 3 rings (SSSR count). The number of aryl methyl sites for hydroxylation is 1. The Morgan fingerprint density at radius 2 is 2.23 bits per heavy atom. The minimum absolute atomic E-state index is 0.0508. The Labute approximate surface area is 160 Å². The van der Waals surface area contributed by atoms with Gasteiger partial charge in [-0.2, -0.15) is 0 Å². The zero-order chi connectivity index (χ0) is 18.7. The van der Waals surface area contributed by atoms with Crippen LogP contribution < -0.4 is 0 Å². The molecule has 138 valence electrons. The van der Waals surface area contributed by atoms with E-state index < -0.39 is 0 Å². The summed E-state index contributed by atoms with van der Waals surface area (Å²) in [6.07, 6.45) is 0. The Morgan fingerprint density at radius 1 is 1.42 bits per heavy atom. The first-order chi connectivity index (χ1) is 12.5. The van der Waals surface area contributed by atoms with E-state index in [-0.39, 0.29) is 17.6 Å². The molecular weight excluding hydrogens is 370 g/mol. The molecule has 0 N–H and O–H groups in total. The van der Waals surface area contributed by atoms with Crippen molar-refractivity contribution >= 4 is 28.9 Å². The first-order valence-corrected chi connectivity index (χ1v) is 10.1. The molecule has 3 aromatic rings. The second-order valence-electron chi connectivity index (χ2n) is 6.02. The number of Topliss-reactive ketones (excluding diaryl/α,β-unsaturated/α-hetero) is 1. The SMILES string of the molecule is COC[C@H](C)n1c(C)cc(C(=O)CSc2nnc(-c3cccs3)o2)c1C. The van der Waals surface area contributed by atoms with Crippen molar-refractivity contribution in [2.75, 3.05) is 19.5 Å². The van der Waals surface area contributed by atoms with Gasteiger partial charge in [0.15, 0.2) is 5.78 Å². The molecule has 26 heavy (non-hydrogen) atoms. The normalized spacial score (nSPS) is 12.5. The standard InChI is InChI=1S/C18H21N3O3S2/c1-11-8-14(13(3)21(11)12(2)9-23-4)15(22)10-26-18-20-19-17(24-18)16-6-5-7-25-16/h5-8,12H,9-10H2,1-4H3/t12-/m0/s1. The van der Waals surface area contributed by atoms with E-state index in [0.717, 1.165) is 21.8 Å². The number of hydrogen-bond donors (Lipinski definition) is 0. The van der Waals surface area contributed by atoms with Gasteiger partial charge in [0.05, 0.1) is 23.3 Å². The minimum atomic E-state index is 0.0508. The third-order valence-electron chi connectivity index (χ3n) is 4.10. The number of ether oxygens (including phenoxy) is 1. The second-order valence-corrected chi connectivity index (χ2v) is 7.90. The van der Waals surface area contributed by atoms with Crippen molar-refractivity contribution in [2.45, 2.75) is 32.0 Å². The summed E-state index contributed by atoms with van der Waals surface area (Å²) in [5.41, 5.74) is 2.75. The fraction of sp³-hybridized carbons (Fsp3) is 0.389. The highest BCUT2D eigenvalue weighted by Gasteiger charge is 2.20. The lowest BCUT2D eigenvalue weighted by molar-refractivity contribution is 0.102. The molecule has 0 aliphatic heterocycles. The summed E-state index contributed by atoms with van der Waals surface area (Å²) in [5.74, 6) is 0.797. The maximum Gasteiger partial charge on any atom is 0.277 e. The van der Waals surface area contributed by atoms with E-state index in [0.29, 0.717) is 17.7 Å². The summed E-state index contributed by atoms with van der Waals surface area (Å²) >= 11 is 2.80. The first kappa shape index (κ1) is 18.9.